The van der Waals surface area contributed by atoms with Gasteiger partial charge in [-0.25, -0.2) is 9.18 Å². The van der Waals surface area contributed by atoms with Gasteiger partial charge in [0.25, 0.3) is 0 Å². The summed E-state index contributed by atoms with van der Waals surface area (Å²) in [7, 11) is 0. The van der Waals surface area contributed by atoms with Crippen LogP contribution in [0.5, 0.6) is 0 Å². The van der Waals surface area contributed by atoms with Crippen molar-refractivity contribution in [2.24, 2.45) is 0 Å². The van der Waals surface area contributed by atoms with Gasteiger partial charge in [-0.3, -0.25) is 0 Å². The first-order valence-corrected chi connectivity index (χ1v) is 9.23. The van der Waals surface area contributed by atoms with Gasteiger partial charge in [-0.15, -0.1) is 0 Å². The van der Waals surface area contributed by atoms with Crippen LogP contribution in [-0.2, 0) is 0 Å². The molecule has 0 bridgehead atoms. The number of benzene rings is 2. The highest BCUT2D eigenvalue weighted by Gasteiger charge is 2.23. The Kier molecular flexibility index (Phi) is 5.63. The van der Waals surface area contributed by atoms with E-state index in [0.717, 1.165) is 17.7 Å². The van der Waals surface area contributed by atoms with E-state index in [9.17, 15) is 9.18 Å². The van der Waals surface area contributed by atoms with Crippen LogP contribution in [0.3, 0.4) is 0 Å². The molecule has 6 heteroatoms. The molecule has 1 heterocycles. The van der Waals surface area contributed by atoms with Crippen LogP contribution in [0.25, 0.3) is 0 Å². The summed E-state index contributed by atoms with van der Waals surface area (Å²) in [6.07, 6.45) is 0.736. The third kappa shape index (κ3) is 4.22. The Bertz CT molecular complexity index is 710. The van der Waals surface area contributed by atoms with Gasteiger partial charge in [0, 0.05) is 40.4 Å². The minimum Gasteiger partial charge on any atom is -0.324 e. The molecule has 126 valence electrons. The molecule has 0 saturated carbocycles. The first-order valence-electron chi connectivity index (χ1n) is 7.81. The zero-order valence-corrected chi connectivity index (χ0v) is 14.6. The van der Waals surface area contributed by atoms with Crippen molar-refractivity contribution in [2.45, 2.75) is 11.7 Å². The lowest BCUT2D eigenvalue weighted by Gasteiger charge is -2.21. The number of halogens is 2. The van der Waals surface area contributed by atoms with E-state index in [1.54, 1.807) is 47.0 Å². The Balaban J connectivity index is 1.61. The summed E-state index contributed by atoms with van der Waals surface area (Å²) in [6.45, 7) is 1.25. The molecule has 1 N–H and O–H groups in total. The summed E-state index contributed by atoms with van der Waals surface area (Å²) in [5.41, 5.74) is 1.44. The second-order valence-electron chi connectivity index (χ2n) is 5.59. The summed E-state index contributed by atoms with van der Waals surface area (Å²) in [5.74, 6) is 0.613. The van der Waals surface area contributed by atoms with Crippen LogP contribution in [0.2, 0.25) is 5.02 Å². The van der Waals surface area contributed by atoms with E-state index >= 15 is 0 Å². The van der Waals surface area contributed by atoms with Gasteiger partial charge < -0.3 is 10.2 Å². The van der Waals surface area contributed by atoms with Crippen LogP contribution in [0, 0.1) is 5.82 Å². The van der Waals surface area contributed by atoms with Crippen molar-refractivity contribution in [3.63, 3.8) is 0 Å². The molecule has 2 aromatic rings. The fraction of sp³-hybridized carbons (Fsp3) is 0.278. The fourth-order valence-corrected chi connectivity index (χ4v) is 4.07. The monoisotopic (exact) mass is 364 g/mol. The molecule has 0 radical (unpaired) electrons. The summed E-state index contributed by atoms with van der Waals surface area (Å²) < 4.78 is 14.0. The molecule has 0 spiro atoms. The van der Waals surface area contributed by atoms with Gasteiger partial charge in [-0.2, -0.15) is 11.8 Å². The number of nitrogens with one attached hydrogen (secondary N) is 1. The normalized spacial score (nSPS) is 18.1. The van der Waals surface area contributed by atoms with Crippen LogP contribution in [0.4, 0.5) is 14.9 Å². The molecule has 1 unspecified atom stereocenters. The number of amides is 2. The Morgan fingerprint density at radius 1 is 1.17 bits per heavy atom. The highest BCUT2D eigenvalue weighted by atomic mass is 35.5. The SMILES string of the molecule is O=C(Nc1ccc(Cl)cc1)N1CCSC(c2ccccc2F)CC1. The van der Waals surface area contributed by atoms with Crippen molar-refractivity contribution in [3.8, 4) is 0 Å². The lowest BCUT2D eigenvalue weighted by Crippen LogP contribution is -2.36. The van der Waals surface area contributed by atoms with Gasteiger partial charge in [0.15, 0.2) is 0 Å². The van der Waals surface area contributed by atoms with E-state index in [0.29, 0.717) is 23.8 Å². The molecular formula is C18H18ClFN2OS. The zero-order chi connectivity index (χ0) is 16.9. The standard InChI is InChI=1S/C18H18ClFN2OS/c19-13-5-7-14(8-6-13)21-18(23)22-10-9-17(24-12-11-22)15-3-1-2-4-16(15)20/h1-8,17H,9-12H2,(H,21,23). The van der Waals surface area contributed by atoms with E-state index in [1.807, 2.05) is 12.1 Å². The quantitative estimate of drug-likeness (QED) is 0.795. The van der Waals surface area contributed by atoms with Gasteiger partial charge in [0.2, 0.25) is 0 Å². The average Bonchev–Trinajstić information content (AvgIpc) is 2.83. The number of carbonyl (C=O) groups is 1. The van der Waals surface area contributed by atoms with E-state index in [2.05, 4.69) is 5.32 Å². The molecule has 24 heavy (non-hydrogen) atoms. The molecule has 2 amide bonds. The maximum atomic E-state index is 14.0. The van der Waals surface area contributed by atoms with Gasteiger partial charge in [0.1, 0.15) is 5.82 Å². The number of rotatable bonds is 2. The third-order valence-electron chi connectivity index (χ3n) is 3.98. The van der Waals surface area contributed by atoms with E-state index in [4.69, 9.17) is 11.6 Å². The van der Waals surface area contributed by atoms with Crippen molar-refractivity contribution in [2.75, 3.05) is 24.2 Å². The maximum Gasteiger partial charge on any atom is 0.321 e. The number of anilines is 1. The number of urea groups is 1. The maximum absolute atomic E-state index is 14.0. The minimum atomic E-state index is -0.172. The van der Waals surface area contributed by atoms with Crippen LogP contribution >= 0.6 is 23.4 Å². The number of thioether (sulfide) groups is 1. The average molecular weight is 365 g/mol. The molecule has 1 aliphatic heterocycles. The van der Waals surface area contributed by atoms with Gasteiger partial charge >= 0.3 is 6.03 Å². The smallest absolute Gasteiger partial charge is 0.321 e. The predicted octanol–water partition coefficient (Wildman–Crippen LogP) is 5.19. The zero-order valence-electron chi connectivity index (χ0n) is 13.0. The van der Waals surface area contributed by atoms with Crippen LogP contribution in [-0.4, -0.2) is 29.8 Å². The minimum absolute atomic E-state index is 0.0829. The van der Waals surface area contributed by atoms with Crippen LogP contribution in [0.1, 0.15) is 17.2 Å². The molecule has 2 aromatic carbocycles. The predicted molar refractivity (Wildman–Crippen MR) is 98.3 cm³/mol. The number of hydrogen-bond acceptors (Lipinski definition) is 2. The molecule has 1 saturated heterocycles. The molecule has 1 fully saturated rings. The largest absolute Gasteiger partial charge is 0.324 e. The molecule has 1 aliphatic rings. The first kappa shape index (κ1) is 17.1. The third-order valence-corrected chi connectivity index (χ3v) is 5.54. The van der Waals surface area contributed by atoms with E-state index in [1.165, 1.54) is 6.07 Å². The second kappa shape index (κ2) is 7.90. The van der Waals surface area contributed by atoms with Gasteiger partial charge in [-0.05, 0) is 36.8 Å². The van der Waals surface area contributed by atoms with Gasteiger partial charge in [-0.1, -0.05) is 29.8 Å². The Morgan fingerprint density at radius 2 is 1.92 bits per heavy atom. The number of carbonyl (C=O) groups excluding carboxylic acids is 1. The van der Waals surface area contributed by atoms with Crippen molar-refractivity contribution in [1.29, 1.82) is 0 Å². The number of nitrogens with zero attached hydrogens (tertiary/aromatic N) is 1. The summed E-state index contributed by atoms with van der Waals surface area (Å²) in [5, 5.41) is 3.59. The highest BCUT2D eigenvalue weighted by molar-refractivity contribution is 7.99. The highest BCUT2D eigenvalue weighted by Crippen LogP contribution is 2.35. The molecule has 1 atom stereocenters. The molecule has 0 aliphatic carbocycles. The van der Waals surface area contributed by atoms with Crippen molar-refractivity contribution < 1.29 is 9.18 Å². The van der Waals surface area contributed by atoms with Gasteiger partial charge in [0.05, 0.1) is 0 Å². The van der Waals surface area contributed by atoms with Crippen LogP contribution < -0.4 is 5.32 Å². The Hall–Kier alpha value is -1.72. The van der Waals surface area contributed by atoms with Crippen molar-refractivity contribution in [3.05, 3.63) is 64.9 Å². The molecule has 0 aromatic heterocycles. The van der Waals surface area contributed by atoms with Crippen LogP contribution in [0.15, 0.2) is 48.5 Å². The lowest BCUT2D eigenvalue weighted by molar-refractivity contribution is 0.215. The second-order valence-corrected chi connectivity index (χ2v) is 7.34. The molecular weight excluding hydrogens is 347 g/mol. The lowest BCUT2D eigenvalue weighted by atomic mass is 10.1. The van der Waals surface area contributed by atoms with Crippen molar-refractivity contribution >= 4 is 35.1 Å². The first-order chi connectivity index (χ1) is 11.6. The van der Waals surface area contributed by atoms with Crippen molar-refractivity contribution in [1.82, 2.24) is 4.90 Å². The summed E-state index contributed by atoms with van der Waals surface area (Å²) in [4.78, 5) is 14.2. The number of hydrogen-bond donors (Lipinski definition) is 1. The molecule has 3 rings (SSSR count). The Labute approximate surface area is 150 Å². The summed E-state index contributed by atoms with van der Waals surface area (Å²) >= 11 is 7.55. The summed E-state index contributed by atoms with van der Waals surface area (Å²) in [6, 6.07) is 13.8. The van der Waals surface area contributed by atoms with E-state index in [-0.39, 0.29) is 17.1 Å². The fourth-order valence-electron chi connectivity index (χ4n) is 2.69. The molecule has 3 nitrogen and oxygen atoms in total. The topological polar surface area (TPSA) is 32.3 Å². The Morgan fingerprint density at radius 3 is 2.67 bits per heavy atom. The van der Waals surface area contributed by atoms with E-state index < -0.39 is 0 Å².